The molecule has 0 saturated heterocycles. The molecule has 12 heavy (non-hydrogen) atoms. The van der Waals surface area contributed by atoms with E-state index < -0.39 is 11.8 Å². The lowest BCUT2D eigenvalue weighted by Gasteiger charge is -1.88. The molecule has 58 valence electrons. The molecule has 6 nitrogen and oxygen atoms in total. The van der Waals surface area contributed by atoms with Gasteiger partial charge >= 0.3 is 0 Å². The molecule has 0 aromatic carbocycles. The molecule has 2 aliphatic heterocycles. The Hall–Kier alpha value is -1.98. The van der Waals surface area contributed by atoms with Crippen LogP contribution in [0.25, 0.3) is 0 Å². The summed E-state index contributed by atoms with van der Waals surface area (Å²) in [5.41, 5.74) is 0.164. The van der Waals surface area contributed by atoms with E-state index in [4.69, 9.17) is 0 Å². The molecule has 0 spiro atoms. The monoisotopic (exact) mass is 162 g/mol. The summed E-state index contributed by atoms with van der Waals surface area (Å²) in [4.78, 5) is 28.6. The van der Waals surface area contributed by atoms with Gasteiger partial charge in [0.05, 0.1) is 12.4 Å². The smallest absolute Gasteiger partial charge is 0.267 e. The number of hydrogen-bond acceptors (Lipinski definition) is 4. The topological polar surface area (TPSA) is 83.6 Å². The number of nitrogens with zero attached hydrogens (tertiary/aromatic N) is 4. The Morgan fingerprint density at radius 3 is 2.92 bits per heavy atom. The highest BCUT2D eigenvalue weighted by molar-refractivity contribution is 6.38. The van der Waals surface area contributed by atoms with Gasteiger partial charge in [-0.25, -0.2) is 4.99 Å². The van der Waals surface area contributed by atoms with E-state index >= 15 is 0 Å². The third kappa shape index (κ3) is 0.895. The lowest BCUT2D eigenvalue weighted by Crippen LogP contribution is -2.04. The second-order valence-electron chi connectivity index (χ2n) is 2.10. The van der Waals surface area contributed by atoms with Gasteiger partial charge in [-0.15, -0.1) is 5.11 Å². The highest BCUT2D eigenvalue weighted by atomic mass is 16.2. The second-order valence-corrected chi connectivity index (χ2v) is 2.10. The van der Waals surface area contributed by atoms with Crippen LogP contribution in [-0.2, 0) is 9.59 Å². The van der Waals surface area contributed by atoms with E-state index in [0.29, 0.717) is 0 Å². The number of aliphatic imine (C=N–C) groups is 2. The van der Waals surface area contributed by atoms with Gasteiger partial charge in [0.2, 0.25) is 0 Å². The van der Waals surface area contributed by atoms with Crippen LogP contribution < -0.4 is 0 Å². The third-order valence-corrected chi connectivity index (χ3v) is 1.32. The number of amidine groups is 1. The number of azo groups is 1. The first-order valence-corrected chi connectivity index (χ1v) is 3.10. The van der Waals surface area contributed by atoms with E-state index in [1.54, 1.807) is 0 Å². The van der Waals surface area contributed by atoms with Gasteiger partial charge in [0.1, 0.15) is 5.57 Å². The molecule has 2 amide bonds. The molecule has 0 bridgehead atoms. The molecule has 2 aliphatic rings. The third-order valence-electron chi connectivity index (χ3n) is 1.32. The van der Waals surface area contributed by atoms with Crippen molar-refractivity contribution in [3.63, 3.8) is 0 Å². The first-order valence-electron chi connectivity index (χ1n) is 3.10. The van der Waals surface area contributed by atoms with Crippen LogP contribution in [0.3, 0.4) is 0 Å². The zero-order chi connectivity index (χ0) is 8.55. The molecule has 2 rings (SSSR count). The largest absolute Gasteiger partial charge is 0.290 e. The van der Waals surface area contributed by atoms with Gasteiger partial charge in [0, 0.05) is 0 Å². The molecule has 0 aromatic rings. The molecule has 0 unspecified atom stereocenters. The molecule has 0 aromatic heterocycles. The van der Waals surface area contributed by atoms with Crippen molar-refractivity contribution in [3.05, 3.63) is 11.8 Å². The van der Waals surface area contributed by atoms with Crippen LogP contribution in [0.1, 0.15) is 0 Å². The lowest BCUT2D eigenvalue weighted by molar-refractivity contribution is -0.114. The number of rotatable bonds is 0. The summed E-state index contributed by atoms with van der Waals surface area (Å²) in [6.07, 6.45) is 2.10. The number of carbonyl (C=O) groups is 2. The first-order chi connectivity index (χ1) is 5.77. The fourth-order valence-electron chi connectivity index (χ4n) is 0.803. The summed E-state index contributed by atoms with van der Waals surface area (Å²) in [5, 5.41) is 6.92. The highest BCUT2D eigenvalue weighted by Crippen LogP contribution is 2.12. The standard InChI is InChI=1S/C6H2N4O2/c11-4-2-7-6(12)3-1-8-10-5(3)9-4/h1-2H. The summed E-state index contributed by atoms with van der Waals surface area (Å²) in [5.74, 6) is -1.09. The molecular weight excluding hydrogens is 160 g/mol. The van der Waals surface area contributed by atoms with Crippen LogP contribution in [0.15, 0.2) is 32.0 Å². The van der Waals surface area contributed by atoms with E-state index in [9.17, 15) is 9.59 Å². The Bertz CT molecular complexity index is 388. The van der Waals surface area contributed by atoms with Crippen molar-refractivity contribution in [1.29, 1.82) is 0 Å². The maximum absolute atomic E-state index is 11.0. The van der Waals surface area contributed by atoms with E-state index in [1.807, 2.05) is 0 Å². The van der Waals surface area contributed by atoms with Crippen molar-refractivity contribution in [2.45, 2.75) is 0 Å². The zero-order valence-corrected chi connectivity index (χ0v) is 5.76. The van der Waals surface area contributed by atoms with Gasteiger partial charge in [0.15, 0.2) is 5.84 Å². The lowest BCUT2D eigenvalue weighted by atomic mass is 10.2. The predicted octanol–water partition coefficient (Wildman–Crippen LogP) is -0.128. The van der Waals surface area contributed by atoms with Crippen molar-refractivity contribution >= 4 is 23.9 Å². The molecule has 0 radical (unpaired) electrons. The Labute approximate surface area is 66.4 Å². The van der Waals surface area contributed by atoms with E-state index in [2.05, 4.69) is 20.2 Å². The van der Waals surface area contributed by atoms with Crippen LogP contribution in [-0.4, -0.2) is 23.9 Å². The molecule has 0 atom stereocenters. The van der Waals surface area contributed by atoms with Crippen LogP contribution in [0.4, 0.5) is 0 Å². The predicted molar refractivity (Wildman–Crippen MR) is 38.9 cm³/mol. The van der Waals surface area contributed by atoms with Gasteiger partial charge in [-0.2, -0.15) is 10.1 Å². The van der Waals surface area contributed by atoms with Gasteiger partial charge in [-0.3, -0.25) is 9.59 Å². The minimum Gasteiger partial charge on any atom is -0.267 e. The van der Waals surface area contributed by atoms with Crippen LogP contribution in [0, 0.1) is 0 Å². The average molecular weight is 162 g/mol. The molecule has 2 heterocycles. The maximum Gasteiger partial charge on any atom is 0.290 e. The minimum absolute atomic E-state index is 0.0440. The second kappa shape index (κ2) is 2.26. The van der Waals surface area contributed by atoms with Crippen molar-refractivity contribution < 1.29 is 9.59 Å². The zero-order valence-electron chi connectivity index (χ0n) is 5.76. The minimum atomic E-state index is -0.595. The SMILES string of the molecule is O=C1C=NC(=O)C2=CN=NC2=N1. The van der Waals surface area contributed by atoms with Crippen molar-refractivity contribution in [2.24, 2.45) is 20.2 Å². The quantitative estimate of drug-likeness (QED) is 0.497. The highest BCUT2D eigenvalue weighted by Gasteiger charge is 2.22. The van der Waals surface area contributed by atoms with Gasteiger partial charge < -0.3 is 0 Å². The fraction of sp³-hybridized carbons (Fsp3) is 0. The normalized spacial score (nSPS) is 20.3. The molecule has 0 saturated carbocycles. The maximum atomic E-state index is 11.0. The molecule has 0 N–H and O–H groups in total. The Balaban J connectivity index is 2.55. The summed E-state index contributed by atoms with van der Waals surface area (Å²) in [6, 6.07) is 0. The van der Waals surface area contributed by atoms with Crippen LogP contribution >= 0.6 is 0 Å². The van der Waals surface area contributed by atoms with E-state index in [-0.39, 0.29) is 11.4 Å². The van der Waals surface area contributed by atoms with Crippen molar-refractivity contribution in [3.8, 4) is 0 Å². The van der Waals surface area contributed by atoms with E-state index in [0.717, 1.165) is 6.21 Å². The summed E-state index contributed by atoms with van der Waals surface area (Å²) in [6.45, 7) is 0. The molecule has 0 fully saturated rings. The number of amides is 2. The summed E-state index contributed by atoms with van der Waals surface area (Å²) in [7, 11) is 0. The molecule has 0 aliphatic carbocycles. The van der Waals surface area contributed by atoms with Gasteiger partial charge in [0.25, 0.3) is 11.8 Å². The van der Waals surface area contributed by atoms with Crippen LogP contribution in [0.2, 0.25) is 0 Å². The summed E-state index contributed by atoms with van der Waals surface area (Å²) < 4.78 is 0. The van der Waals surface area contributed by atoms with Gasteiger partial charge in [-0.1, -0.05) is 0 Å². The van der Waals surface area contributed by atoms with E-state index in [1.165, 1.54) is 6.20 Å². The van der Waals surface area contributed by atoms with Crippen molar-refractivity contribution in [2.75, 3.05) is 0 Å². The fourth-order valence-corrected chi connectivity index (χ4v) is 0.803. The number of carbonyl (C=O) groups excluding carboxylic acids is 2. The van der Waals surface area contributed by atoms with Crippen LogP contribution in [0.5, 0.6) is 0 Å². The molecule has 6 heteroatoms. The Morgan fingerprint density at radius 2 is 2.08 bits per heavy atom. The first kappa shape index (κ1) is 6.71. The Morgan fingerprint density at radius 1 is 1.25 bits per heavy atom. The Kier molecular flexibility index (Phi) is 1.26. The summed E-state index contributed by atoms with van der Waals surface area (Å²) >= 11 is 0. The number of fused-ring (bicyclic) bond motifs is 1. The van der Waals surface area contributed by atoms with Gasteiger partial charge in [-0.05, 0) is 0 Å². The van der Waals surface area contributed by atoms with Crippen molar-refractivity contribution in [1.82, 2.24) is 0 Å². The molecular formula is C6H2N4O2. The number of hydrogen-bond donors (Lipinski definition) is 0. The average Bonchev–Trinajstić information content (AvgIpc) is 2.44.